The van der Waals surface area contributed by atoms with Gasteiger partial charge in [-0.25, -0.2) is 4.68 Å². The topological polar surface area (TPSA) is 63.9 Å². The van der Waals surface area contributed by atoms with Gasteiger partial charge in [-0.3, -0.25) is 4.79 Å². The molecule has 3 rings (SSSR count). The Labute approximate surface area is 131 Å². The van der Waals surface area contributed by atoms with Crippen LogP contribution in [0.5, 0.6) is 0 Å². The summed E-state index contributed by atoms with van der Waals surface area (Å²) in [6, 6.07) is 4.40. The number of hydrogen-bond acceptors (Lipinski definition) is 6. The van der Waals surface area contributed by atoms with Crippen LogP contribution in [-0.4, -0.2) is 42.8 Å². The highest BCUT2D eigenvalue weighted by atomic mass is 32.2. The predicted octanol–water partition coefficient (Wildman–Crippen LogP) is 2.12. The minimum Gasteiger partial charge on any atom is -0.334 e. The second-order valence-electron chi connectivity index (χ2n) is 5.05. The molecular weight excluding hydrogens is 306 g/mol. The van der Waals surface area contributed by atoms with Crippen LogP contribution in [0, 0.1) is 0 Å². The van der Waals surface area contributed by atoms with Crippen molar-refractivity contribution in [2.24, 2.45) is 7.05 Å². The quantitative estimate of drug-likeness (QED) is 0.807. The molecule has 6 nitrogen and oxygen atoms in total. The molecule has 8 heteroatoms. The Kier molecular flexibility index (Phi) is 4.25. The van der Waals surface area contributed by atoms with E-state index in [2.05, 4.69) is 27.0 Å². The number of thioether (sulfide) groups is 1. The fraction of sp³-hybridized carbons (Fsp3) is 0.538. The summed E-state index contributed by atoms with van der Waals surface area (Å²) in [7, 11) is 1.78. The zero-order valence-electron chi connectivity index (χ0n) is 12.0. The van der Waals surface area contributed by atoms with Gasteiger partial charge in [0.2, 0.25) is 11.1 Å². The number of aromatic nitrogens is 4. The van der Waals surface area contributed by atoms with Crippen LogP contribution in [0.15, 0.2) is 22.7 Å². The number of hydrogen-bond donors (Lipinski definition) is 0. The molecule has 0 N–H and O–H groups in total. The van der Waals surface area contributed by atoms with E-state index in [0.29, 0.717) is 5.16 Å². The van der Waals surface area contributed by atoms with Gasteiger partial charge in [-0.1, -0.05) is 17.8 Å². The van der Waals surface area contributed by atoms with Crippen molar-refractivity contribution in [3.8, 4) is 0 Å². The minimum atomic E-state index is -0.185. The summed E-state index contributed by atoms with van der Waals surface area (Å²) in [5, 5.41) is 13.9. The molecule has 1 aliphatic heterocycles. The fourth-order valence-electron chi connectivity index (χ4n) is 2.57. The number of likely N-dealkylation sites (tertiary alicyclic amines) is 1. The van der Waals surface area contributed by atoms with Gasteiger partial charge in [-0.15, -0.1) is 16.4 Å². The van der Waals surface area contributed by atoms with Crippen molar-refractivity contribution in [1.82, 2.24) is 25.1 Å². The summed E-state index contributed by atoms with van der Waals surface area (Å²) >= 11 is 3.13. The average Bonchev–Trinajstić information content (AvgIpc) is 3.18. The van der Waals surface area contributed by atoms with Crippen molar-refractivity contribution in [2.45, 2.75) is 36.2 Å². The minimum absolute atomic E-state index is 0.166. The van der Waals surface area contributed by atoms with Crippen LogP contribution in [0.3, 0.4) is 0 Å². The Balaban J connectivity index is 1.70. The second-order valence-corrected chi connectivity index (χ2v) is 7.34. The fourth-order valence-corrected chi connectivity index (χ4v) is 4.27. The molecule has 1 amide bonds. The first-order chi connectivity index (χ1) is 10.2. The van der Waals surface area contributed by atoms with Crippen molar-refractivity contribution in [2.75, 3.05) is 6.54 Å². The lowest BCUT2D eigenvalue weighted by Crippen LogP contribution is -2.36. The van der Waals surface area contributed by atoms with Gasteiger partial charge >= 0.3 is 0 Å². The largest absolute Gasteiger partial charge is 0.334 e. The first kappa shape index (κ1) is 14.5. The number of thiophene rings is 1. The van der Waals surface area contributed by atoms with E-state index < -0.39 is 0 Å². The Bertz CT molecular complexity index is 612. The summed E-state index contributed by atoms with van der Waals surface area (Å²) in [6.07, 6.45) is 2.12. The summed E-state index contributed by atoms with van der Waals surface area (Å²) in [5.41, 5.74) is 0. The first-order valence-corrected chi connectivity index (χ1v) is 8.65. The third kappa shape index (κ3) is 2.96. The molecule has 1 aliphatic rings. The van der Waals surface area contributed by atoms with Crippen molar-refractivity contribution in [1.29, 1.82) is 0 Å². The Hall–Kier alpha value is -1.41. The van der Waals surface area contributed by atoms with Gasteiger partial charge in [0.1, 0.15) is 0 Å². The molecule has 21 heavy (non-hydrogen) atoms. The van der Waals surface area contributed by atoms with Crippen LogP contribution < -0.4 is 0 Å². The van der Waals surface area contributed by atoms with E-state index in [1.54, 1.807) is 23.1 Å². The van der Waals surface area contributed by atoms with Crippen LogP contribution in [0.4, 0.5) is 0 Å². The zero-order chi connectivity index (χ0) is 14.8. The molecule has 0 spiro atoms. The molecule has 0 unspecified atom stereocenters. The highest BCUT2D eigenvalue weighted by Gasteiger charge is 2.33. The van der Waals surface area contributed by atoms with E-state index >= 15 is 0 Å². The maximum Gasteiger partial charge on any atom is 0.236 e. The van der Waals surface area contributed by atoms with Crippen molar-refractivity contribution < 1.29 is 4.79 Å². The van der Waals surface area contributed by atoms with E-state index in [0.717, 1.165) is 19.4 Å². The number of carbonyl (C=O) groups excluding carboxylic acids is 1. The van der Waals surface area contributed by atoms with Crippen LogP contribution in [0.25, 0.3) is 0 Å². The van der Waals surface area contributed by atoms with Crippen LogP contribution >= 0.6 is 23.1 Å². The molecule has 2 aromatic heterocycles. The molecule has 0 bridgehead atoms. The van der Waals surface area contributed by atoms with E-state index in [9.17, 15) is 4.79 Å². The second kappa shape index (κ2) is 6.15. The van der Waals surface area contributed by atoms with Crippen molar-refractivity contribution in [3.05, 3.63) is 22.4 Å². The van der Waals surface area contributed by atoms with Gasteiger partial charge in [0.15, 0.2) is 0 Å². The Morgan fingerprint density at radius 2 is 2.43 bits per heavy atom. The molecule has 0 aliphatic carbocycles. The molecule has 112 valence electrons. The van der Waals surface area contributed by atoms with Gasteiger partial charge in [-0.05, 0) is 41.6 Å². The number of amides is 1. The van der Waals surface area contributed by atoms with Gasteiger partial charge in [-0.2, -0.15) is 0 Å². The SMILES string of the molecule is C[C@H](Sc1nnnn1C)C(=O)N1CCC[C@H]1c1cccs1. The molecule has 0 aromatic carbocycles. The van der Waals surface area contributed by atoms with Crippen molar-refractivity contribution in [3.63, 3.8) is 0 Å². The van der Waals surface area contributed by atoms with E-state index in [-0.39, 0.29) is 17.2 Å². The third-order valence-electron chi connectivity index (χ3n) is 3.62. The normalized spacial score (nSPS) is 19.9. The maximum atomic E-state index is 12.7. The number of tetrazole rings is 1. The van der Waals surface area contributed by atoms with E-state index in [1.165, 1.54) is 16.6 Å². The van der Waals surface area contributed by atoms with E-state index in [1.807, 2.05) is 17.9 Å². The summed E-state index contributed by atoms with van der Waals surface area (Å²) in [6.45, 7) is 2.76. The van der Waals surface area contributed by atoms with Crippen LogP contribution in [0.1, 0.15) is 30.7 Å². The predicted molar refractivity (Wildman–Crippen MR) is 82.1 cm³/mol. The molecular formula is C13H17N5OS2. The maximum absolute atomic E-state index is 12.7. The number of rotatable bonds is 4. The molecule has 3 heterocycles. The van der Waals surface area contributed by atoms with Gasteiger partial charge in [0.05, 0.1) is 11.3 Å². The summed E-state index contributed by atoms with van der Waals surface area (Å²) in [5.74, 6) is 0.166. The third-order valence-corrected chi connectivity index (χ3v) is 5.70. The van der Waals surface area contributed by atoms with Crippen molar-refractivity contribution >= 4 is 29.0 Å². The van der Waals surface area contributed by atoms with Crippen LogP contribution in [0.2, 0.25) is 0 Å². The van der Waals surface area contributed by atoms with Gasteiger partial charge < -0.3 is 4.90 Å². The Morgan fingerprint density at radius 1 is 1.57 bits per heavy atom. The number of aryl methyl sites for hydroxylation is 1. The zero-order valence-corrected chi connectivity index (χ0v) is 13.6. The standard InChI is InChI=1S/C13H17N5OS2/c1-9(21-13-14-15-16-17(13)2)12(19)18-7-3-5-10(18)11-6-4-8-20-11/h4,6,8-10H,3,5,7H2,1-2H3/t9-,10-/m0/s1. The molecule has 2 atom stereocenters. The monoisotopic (exact) mass is 323 g/mol. The van der Waals surface area contributed by atoms with Crippen LogP contribution in [-0.2, 0) is 11.8 Å². The van der Waals surface area contributed by atoms with Gasteiger partial charge in [0.25, 0.3) is 0 Å². The number of nitrogens with zero attached hydrogens (tertiary/aromatic N) is 5. The molecule has 2 aromatic rings. The Morgan fingerprint density at radius 3 is 3.10 bits per heavy atom. The van der Waals surface area contributed by atoms with Gasteiger partial charge in [0, 0.05) is 18.5 Å². The summed E-state index contributed by atoms with van der Waals surface area (Å²) < 4.78 is 1.59. The molecule has 1 saturated heterocycles. The molecule has 0 saturated carbocycles. The average molecular weight is 323 g/mol. The lowest BCUT2D eigenvalue weighted by atomic mass is 10.2. The highest BCUT2D eigenvalue weighted by molar-refractivity contribution is 8.00. The molecule has 1 fully saturated rings. The lowest BCUT2D eigenvalue weighted by Gasteiger charge is -2.26. The lowest BCUT2D eigenvalue weighted by molar-refractivity contribution is -0.131. The molecule has 0 radical (unpaired) electrons. The number of carbonyl (C=O) groups is 1. The smallest absolute Gasteiger partial charge is 0.236 e. The first-order valence-electron chi connectivity index (χ1n) is 6.89. The van der Waals surface area contributed by atoms with E-state index in [4.69, 9.17) is 0 Å². The summed E-state index contributed by atoms with van der Waals surface area (Å²) in [4.78, 5) is 16.0. The highest BCUT2D eigenvalue weighted by Crippen LogP contribution is 2.36.